The molecule has 0 aromatic carbocycles. The van der Waals surface area contributed by atoms with Gasteiger partial charge in [-0.25, -0.2) is 8.78 Å². The molecule has 96 valence electrons. The minimum atomic E-state index is -2.73. The highest BCUT2D eigenvalue weighted by Gasteiger charge is 2.67. The molecule has 1 aliphatic carbocycles. The second kappa shape index (κ2) is 4.03. The second-order valence-corrected chi connectivity index (χ2v) is 11.0. The Morgan fingerprint density at radius 2 is 1.75 bits per heavy atom. The summed E-state index contributed by atoms with van der Waals surface area (Å²) in [5.41, 5.74) is 0. The van der Waals surface area contributed by atoms with Crippen LogP contribution in [0.2, 0.25) is 18.1 Å². The van der Waals surface area contributed by atoms with Gasteiger partial charge >= 0.3 is 0 Å². The quantitative estimate of drug-likeness (QED) is 0.780. The van der Waals surface area contributed by atoms with Crippen LogP contribution in [0.1, 0.15) is 20.8 Å². The summed E-state index contributed by atoms with van der Waals surface area (Å²) in [6.45, 7) is 9.95. The summed E-state index contributed by atoms with van der Waals surface area (Å²) >= 11 is 0. The van der Waals surface area contributed by atoms with Crippen LogP contribution in [-0.4, -0.2) is 32.6 Å². The second-order valence-electron chi connectivity index (χ2n) is 6.14. The third kappa shape index (κ3) is 2.46. The van der Waals surface area contributed by atoms with Crippen LogP contribution >= 0.6 is 0 Å². The Morgan fingerprint density at radius 1 is 1.25 bits per heavy atom. The lowest BCUT2D eigenvalue weighted by Crippen LogP contribution is -2.41. The van der Waals surface area contributed by atoms with E-state index in [0.29, 0.717) is 0 Å². The molecule has 2 nitrogen and oxygen atoms in total. The summed E-state index contributed by atoms with van der Waals surface area (Å²) in [4.78, 5) is 0. The Hall–Kier alpha value is -0.00312. The molecule has 1 aliphatic rings. The highest BCUT2D eigenvalue weighted by Crippen LogP contribution is 2.55. The first kappa shape index (κ1) is 14.1. The van der Waals surface area contributed by atoms with Gasteiger partial charge in [-0.05, 0) is 18.1 Å². The molecule has 0 aromatic heterocycles. The van der Waals surface area contributed by atoms with Crippen molar-refractivity contribution in [2.24, 2.45) is 11.8 Å². The van der Waals surface area contributed by atoms with Crippen molar-refractivity contribution < 1.29 is 18.3 Å². The van der Waals surface area contributed by atoms with E-state index in [2.05, 4.69) is 20.8 Å². The molecule has 0 saturated heterocycles. The SMILES string of the molecule is CC(C)(C)[Si](C)(C)OC[C@H]1[C@@H](CO)C1(F)F. The normalized spacial score (nSPS) is 29.2. The van der Waals surface area contributed by atoms with Crippen LogP contribution in [0.4, 0.5) is 8.78 Å². The Bertz CT molecular complexity index is 261. The zero-order valence-electron chi connectivity index (χ0n) is 10.7. The molecule has 1 saturated carbocycles. The van der Waals surface area contributed by atoms with E-state index in [9.17, 15) is 8.78 Å². The van der Waals surface area contributed by atoms with Gasteiger partial charge in [-0.2, -0.15) is 0 Å². The number of aliphatic hydroxyl groups excluding tert-OH is 1. The number of hydrogen-bond acceptors (Lipinski definition) is 2. The van der Waals surface area contributed by atoms with Crippen molar-refractivity contribution >= 4 is 8.32 Å². The predicted octanol–water partition coefficient (Wildman–Crippen LogP) is 2.88. The van der Waals surface area contributed by atoms with E-state index in [4.69, 9.17) is 9.53 Å². The number of halogens is 2. The van der Waals surface area contributed by atoms with Crippen molar-refractivity contribution in [1.29, 1.82) is 0 Å². The fourth-order valence-corrected chi connectivity index (χ4v) is 2.48. The molecule has 0 aliphatic heterocycles. The molecule has 0 spiro atoms. The number of aliphatic hydroxyl groups is 1. The van der Waals surface area contributed by atoms with E-state index in [1.165, 1.54) is 0 Å². The summed E-state index contributed by atoms with van der Waals surface area (Å²) in [5, 5.41) is 8.81. The van der Waals surface area contributed by atoms with Crippen LogP contribution in [0.5, 0.6) is 0 Å². The predicted molar refractivity (Wildman–Crippen MR) is 62.2 cm³/mol. The number of alkyl halides is 2. The standard InChI is InChI=1S/C11H22F2O2Si/c1-10(2,3)16(4,5)15-7-9-8(6-14)11(9,12)13/h8-9,14H,6-7H2,1-5H3/t8-,9+/m1/s1. The highest BCUT2D eigenvalue weighted by molar-refractivity contribution is 6.74. The molecule has 0 unspecified atom stereocenters. The minimum absolute atomic E-state index is 0.0336. The molecule has 0 amide bonds. The summed E-state index contributed by atoms with van der Waals surface area (Å²) in [6.07, 6.45) is 0. The third-order valence-corrected chi connectivity index (χ3v) is 8.49. The molecule has 0 bridgehead atoms. The zero-order valence-corrected chi connectivity index (χ0v) is 11.7. The molecule has 1 N–H and O–H groups in total. The Balaban J connectivity index is 2.48. The van der Waals surface area contributed by atoms with Crippen molar-refractivity contribution in [3.63, 3.8) is 0 Å². The largest absolute Gasteiger partial charge is 0.416 e. The zero-order chi connectivity index (χ0) is 12.8. The van der Waals surface area contributed by atoms with Gasteiger partial charge in [-0.3, -0.25) is 0 Å². The molecule has 0 aromatic rings. The van der Waals surface area contributed by atoms with E-state index in [1.54, 1.807) is 0 Å². The molecule has 5 heteroatoms. The van der Waals surface area contributed by atoms with Crippen LogP contribution in [0, 0.1) is 11.8 Å². The molecular formula is C11H22F2O2Si. The molecule has 1 rings (SSSR count). The van der Waals surface area contributed by atoms with E-state index in [0.717, 1.165) is 0 Å². The fraction of sp³-hybridized carbons (Fsp3) is 1.00. The van der Waals surface area contributed by atoms with Crippen molar-refractivity contribution in [3.8, 4) is 0 Å². The van der Waals surface area contributed by atoms with Crippen LogP contribution in [0.3, 0.4) is 0 Å². The van der Waals surface area contributed by atoms with E-state index in [-0.39, 0.29) is 11.6 Å². The van der Waals surface area contributed by atoms with Gasteiger partial charge in [0, 0.05) is 6.61 Å². The summed E-state index contributed by atoms with van der Waals surface area (Å²) in [7, 11) is -1.95. The van der Waals surface area contributed by atoms with Crippen molar-refractivity contribution in [2.75, 3.05) is 13.2 Å². The Kier molecular flexibility index (Phi) is 3.54. The average molecular weight is 252 g/mol. The van der Waals surface area contributed by atoms with Crippen molar-refractivity contribution in [1.82, 2.24) is 0 Å². The topological polar surface area (TPSA) is 29.5 Å². The lowest BCUT2D eigenvalue weighted by molar-refractivity contribution is 0.0647. The lowest BCUT2D eigenvalue weighted by atomic mass is 10.2. The van der Waals surface area contributed by atoms with Crippen molar-refractivity contribution in [3.05, 3.63) is 0 Å². The minimum Gasteiger partial charge on any atom is -0.416 e. The fourth-order valence-electron chi connectivity index (χ4n) is 1.45. The smallest absolute Gasteiger partial charge is 0.259 e. The van der Waals surface area contributed by atoms with Gasteiger partial charge in [-0.1, -0.05) is 20.8 Å². The lowest BCUT2D eigenvalue weighted by Gasteiger charge is -2.36. The Labute approximate surface area is 97.1 Å². The molecule has 0 heterocycles. The van der Waals surface area contributed by atoms with Crippen LogP contribution < -0.4 is 0 Å². The maximum Gasteiger partial charge on any atom is 0.259 e. The van der Waals surface area contributed by atoms with Crippen LogP contribution in [0.25, 0.3) is 0 Å². The van der Waals surface area contributed by atoms with Gasteiger partial charge in [0.15, 0.2) is 8.32 Å². The van der Waals surface area contributed by atoms with Crippen LogP contribution in [-0.2, 0) is 4.43 Å². The van der Waals surface area contributed by atoms with E-state index >= 15 is 0 Å². The number of rotatable bonds is 4. The molecule has 0 radical (unpaired) electrons. The molecular weight excluding hydrogens is 230 g/mol. The van der Waals surface area contributed by atoms with Gasteiger partial charge in [-0.15, -0.1) is 0 Å². The molecule has 2 atom stereocenters. The van der Waals surface area contributed by atoms with E-state index in [1.807, 2.05) is 13.1 Å². The molecule has 1 fully saturated rings. The summed E-state index contributed by atoms with van der Waals surface area (Å²) in [6, 6.07) is 0. The summed E-state index contributed by atoms with van der Waals surface area (Å²) in [5.74, 6) is -4.40. The van der Waals surface area contributed by atoms with E-state index < -0.39 is 32.7 Å². The molecule has 16 heavy (non-hydrogen) atoms. The maximum absolute atomic E-state index is 13.1. The van der Waals surface area contributed by atoms with Gasteiger partial charge in [0.25, 0.3) is 5.92 Å². The number of hydrogen-bond donors (Lipinski definition) is 1. The maximum atomic E-state index is 13.1. The van der Waals surface area contributed by atoms with Gasteiger partial charge in [0.05, 0.1) is 18.4 Å². The first-order chi connectivity index (χ1) is 7.04. The van der Waals surface area contributed by atoms with Gasteiger partial charge in [0.2, 0.25) is 0 Å². The summed E-state index contributed by atoms with van der Waals surface area (Å²) < 4.78 is 31.9. The van der Waals surface area contributed by atoms with Gasteiger partial charge in [0.1, 0.15) is 0 Å². The Morgan fingerprint density at radius 3 is 2.06 bits per heavy atom. The van der Waals surface area contributed by atoms with Crippen molar-refractivity contribution in [2.45, 2.75) is 44.8 Å². The highest BCUT2D eigenvalue weighted by atomic mass is 28.4. The average Bonchev–Trinajstić information content (AvgIpc) is 2.61. The van der Waals surface area contributed by atoms with Gasteiger partial charge < -0.3 is 9.53 Å². The monoisotopic (exact) mass is 252 g/mol. The first-order valence-electron chi connectivity index (χ1n) is 5.66. The van der Waals surface area contributed by atoms with Crippen LogP contribution in [0.15, 0.2) is 0 Å². The first-order valence-corrected chi connectivity index (χ1v) is 8.57. The third-order valence-electron chi connectivity index (χ3n) is 3.99.